The summed E-state index contributed by atoms with van der Waals surface area (Å²) in [5, 5.41) is 3.56. The number of nitrogens with one attached hydrogen (secondary N) is 2. The first-order valence-corrected chi connectivity index (χ1v) is 13.3. The second-order valence-electron chi connectivity index (χ2n) is 7.00. The third-order valence-corrected chi connectivity index (χ3v) is 9.06. The van der Waals surface area contributed by atoms with E-state index in [0.717, 1.165) is 15.2 Å². The SMILES string of the molecule is O=C(NCc1nc2ccccc2s1)c1ccc(S(=O)(=O)NC2CCS(=O)(=O)C2)cc1. The van der Waals surface area contributed by atoms with Gasteiger partial charge in [-0.2, -0.15) is 0 Å². The lowest BCUT2D eigenvalue weighted by Crippen LogP contribution is -2.35. The van der Waals surface area contributed by atoms with E-state index in [9.17, 15) is 21.6 Å². The molecule has 1 aromatic heterocycles. The number of sulfonamides is 1. The highest BCUT2D eigenvalue weighted by molar-refractivity contribution is 7.92. The number of rotatable bonds is 6. The Kier molecular flexibility index (Phi) is 5.62. The number of amides is 1. The average Bonchev–Trinajstić information content (AvgIpc) is 3.27. The van der Waals surface area contributed by atoms with Crippen LogP contribution in [0.25, 0.3) is 10.2 Å². The Labute approximate surface area is 178 Å². The van der Waals surface area contributed by atoms with Crippen molar-refractivity contribution in [1.29, 1.82) is 0 Å². The van der Waals surface area contributed by atoms with Crippen LogP contribution in [0.4, 0.5) is 0 Å². The lowest BCUT2D eigenvalue weighted by atomic mass is 10.2. The summed E-state index contributed by atoms with van der Waals surface area (Å²) in [6.07, 6.45) is 0.258. The van der Waals surface area contributed by atoms with Crippen LogP contribution in [-0.4, -0.2) is 45.3 Å². The van der Waals surface area contributed by atoms with Crippen molar-refractivity contribution in [1.82, 2.24) is 15.0 Å². The number of sulfone groups is 1. The van der Waals surface area contributed by atoms with E-state index in [1.165, 1.54) is 35.6 Å². The van der Waals surface area contributed by atoms with E-state index in [4.69, 9.17) is 0 Å². The largest absolute Gasteiger partial charge is 0.346 e. The van der Waals surface area contributed by atoms with Crippen LogP contribution < -0.4 is 10.0 Å². The Balaban J connectivity index is 1.39. The summed E-state index contributed by atoms with van der Waals surface area (Å²) in [5.41, 5.74) is 1.20. The molecule has 3 aromatic rings. The molecule has 0 bridgehead atoms. The van der Waals surface area contributed by atoms with Crippen molar-refractivity contribution in [2.24, 2.45) is 0 Å². The Bertz CT molecular complexity index is 1270. The molecule has 2 heterocycles. The van der Waals surface area contributed by atoms with Gasteiger partial charge in [-0.1, -0.05) is 12.1 Å². The van der Waals surface area contributed by atoms with Crippen LogP contribution in [0.3, 0.4) is 0 Å². The molecular formula is C19H19N3O5S3. The standard InChI is InChI=1S/C19H19N3O5S3/c23-19(20-11-18-21-16-3-1-2-4-17(16)28-18)13-5-7-15(8-6-13)30(26,27)22-14-9-10-29(24,25)12-14/h1-8,14,22H,9-12H2,(H,20,23). The Morgan fingerprint density at radius 3 is 2.53 bits per heavy atom. The molecule has 158 valence electrons. The van der Waals surface area contributed by atoms with E-state index in [0.29, 0.717) is 5.56 Å². The molecule has 1 atom stereocenters. The first kappa shape index (κ1) is 20.9. The monoisotopic (exact) mass is 465 g/mol. The fourth-order valence-corrected chi connectivity index (χ4v) is 7.17. The zero-order chi connectivity index (χ0) is 21.4. The van der Waals surface area contributed by atoms with E-state index < -0.39 is 25.9 Å². The molecule has 0 spiro atoms. The van der Waals surface area contributed by atoms with Gasteiger partial charge < -0.3 is 5.32 Å². The van der Waals surface area contributed by atoms with Gasteiger partial charge in [0.2, 0.25) is 10.0 Å². The molecule has 0 saturated carbocycles. The Morgan fingerprint density at radius 1 is 1.13 bits per heavy atom. The molecule has 11 heteroatoms. The first-order valence-electron chi connectivity index (χ1n) is 9.17. The van der Waals surface area contributed by atoms with Crippen LogP contribution in [0.5, 0.6) is 0 Å². The normalized spacial score (nSPS) is 18.5. The number of nitrogens with zero attached hydrogens (tertiary/aromatic N) is 1. The lowest BCUT2D eigenvalue weighted by Gasteiger charge is -2.12. The summed E-state index contributed by atoms with van der Waals surface area (Å²) >= 11 is 1.50. The number of carbonyl (C=O) groups is 1. The molecule has 0 radical (unpaired) electrons. The van der Waals surface area contributed by atoms with E-state index in [-0.39, 0.29) is 35.3 Å². The number of hydrogen-bond acceptors (Lipinski definition) is 7. The van der Waals surface area contributed by atoms with Crippen molar-refractivity contribution in [3.05, 3.63) is 59.1 Å². The van der Waals surface area contributed by atoms with Crippen molar-refractivity contribution >= 4 is 47.3 Å². The van der Waals surface area contributed by atoms with Crippen LogP contribution in [0, 0.1) is 0 Å². The van der Waals surface area contributed by atoms with Crippen molar-refractivity contribution < 1.29 is 21.6 Å². The molecule has 0 aliphatic carbocycles. The van der Waals surface area contributed by atoms with Gasteiger partial charge in [0.1, 0.15) is 5.01 Å². The third kappa shape index (κ3) is 4.69. The zero-order valence-electron chi connectivity index (χ0n) is 15.7. The van der Waals surface area contributed by atoms with Gasteiger partial charge in [-0.3, -0.25) is 4.79 Å². The third-order valence-electron chi connectivity index (χ3n) is 4.72. The quantitative estimate of drug-likeness (QED) is 0.571. The van der Waals surface area contributed by atoms with Gasteiger partial charge in [-0.15, -0.1) is 11.3 Å². The van der Waals surface area contributed by atoms with Gasteiger partial charge in [0.05, 0.1) is 33.2 Å². The first-order chi connectivity index (χ1) is 14.2. The summed E-state index contributed by atoms with van der Waals surface area (Å²) < 4.78 is 51.4. The van der Waals surface area contributed by atoms with Crippen molar-refractivity contribution in [2.45, 2.75) is 23.9 Å². The van der Waals surface area contributed by atoms with Crippen molar-refractivity contribution in [2.75, 3.05) is 11.5 Å². The highest BCUT2D eigenvalue weighted by Gasteiger charge is 2.31. The molecule has 4 rings (SSSR count). The highest BCUT2D eigenvalue weighted by atomic mass is 32.2. The number of benzene rings is 2. The summed E-state index contributed by atoms with van der Waals surface area (Å²) in [6.45, 7) is 0.274. The number of thiazole rings is 1. The molecule has 2 N–H and O–H groups in total. The fourth-order valence-electron chi connectivity index (χ4n) is 3.21. The van der Waals surface area contributed by atoms with Crippen molar-refractivity contribution in [3.63, 3.8) is 0 Å². The maximum Gasteiger partial charge on any atom is 0.251 e. The second-order valence-corrected chi connectivity index (χ2v) is 12.1. The summed E-state index contributed by atoms with van der Waals surface area (Å²) in [7, 11) is -7.05. The summed E-state index contributed by atoms with van der Waals surface area (Å²) in [4.78, 5) is 16.8. The average molecular weight is 466 g/mol. The van der Waals surface area contributed by atoms with Crippen LogP contribution in [0.15, 0.2) is 53.4 Å². The molecule has 1 saturated heterocycles. The molecule has 2 aromatic carbocycles. The molecule has 1 aliphatic heterocycles. The van der Waals surface area contributed by atoms with Crippen LogP contribution >= 0.6 is 11.3 Å². The lowest BCUT2D eigenvalue weighted by molar-refractivity contribution is 0.0950. The Morgan fingerprint density at radius 2 is 1.87 bits per heavy atom. The minimum Gasteiger partial charge on any atom is -0.346 e. The van der Waals surface area contributed by atoms with Gasteiger partial charge in [-0.05, 0) is 42.8 Å². The maximum absolute atomic E-state index is 12.5. The number of hydrogen-bond donors (Lipinski definition) is 2. The van der Waals surface area contributed by atoms with Crippen LogP contribution in [0.1, 0.15) is 21.8 Å². The van der Waals surface area contributed by atoms with Gasteiger partial charge >= 0.3 is 0 Å². The molecule has 8 nitrogen and oxygen atoms in total. The van der Waals surface area contributed by atoms with Gasteiger partial charge in [0, 0.05) is 11.6 Å². The van der Waals surface area contributed by atoms with Crippen LogP contribution in [0.2, 0.25) is 0 Å². The molecule has 1 amide bonds. The minimum atomic E-state index is -3.86. The second kappa shape index (κ2) is 8.06. The van der Waals surface area contributed by atoms with E-state index in [1.807, 2.05) is 24.3 Å². The molecule has 1 aliphatic rings. The number of aromatic nitrogens is 1. The topological polar surface area (TPSA) is 122 Å². The van der Waals surface area contributed by atoms with Gasteiger partial charge in [-0.25, -0.2) is 26.5 Å². The highest BCUT2D eigenvalue weighted by Crippen LogP contribution is 2.21. The predicted molar refractivity (Wildman–Crippen MR) is 115 cm³/mol. The predicted octanol–water partition coefficient (Wildman–Crippen LogP) is 1.69. The Hall–Kier alpha value is -2.34. The zero-order valence-corrected chi connectivity index (χ0v) is 18.2. The minimum absolute atomic E-state index is 0.0190. The number of para-hydroxylation sites is 1. The maximum atomic E-state index is 12.5. The van der Waals surface area contributed by atoms with Gasteiger partial charge in [0.15, 0.2) is 9.84 Å². The van der Waals surface area contributed by atoms with Crippen LogP contribution in [-0.2, 0) is 26.4 Å². The summed E-state index contributed by atoms with van der Waals surface area (Å²) in [5.74, 6) is -0.556. The van der Waals surface area contributed by atoms with E-state index in [1.54, 1.807) is 0 Å². The molecular weight excluding hydrogens is 446 g/mol. The molecule has 1 fully saturated rings. The smallest absolute Gasteiger partial charge is 0.251 e. The van der Waals surface area contributed by atoms with E-state index >= 15 is 0 Å². The molecule has 30 heavy (non-hydrogen) atoms. The van der Waals surface area contributed by atoms with Gasteiger partial charge in [0.25, 0.3) is 5.91 Å². The summed E-state index contributed by atoms with van der Waals surface area (Å²) in [6, 6.07) is 12.6. The fraction of sp³-hybridized carbons (Fsp3) is 0.263. The number of carbonyl (C=O) groups excluding carboxylic acids is 1. The van der Waals surface area contributed by atoms with E-state index in [2.05, 4.69) is 15.0 Å². The van der Waals surface area contributed by atoms with Crippen molar-refractivity contribution in [3.8, 4) is 0 Å². The number of fused-ring (bicyclic) bond motifs is 1. The molecule has 1 unspecified atom stereocenters.